The van der Waals surface area contributed by atoms with Crippen LogP contribution in [0.4, 0.5) is 5.69 Å². The first kappa shape index (κ1) is 15.1. The van der Waals surface area contributed by atoms with Gasteiger partial charge in [-0.15, -0.1) is 11.3 Å². The number of esters is 1. The van der Waals surface area contributed by atoms with E-state index in [2.05, 4.69) is 9.72 Å². The van der Waals surface area contributed by atoms with Crippen molar-refractivity contribution in [2.75, 3.05) is 12.8 Å². The Labute approximate surface area is 140 Å². The molecule has 3 aromatic rings. The number of carbonyl (C=O) groups is 1. The number of thiophene rings is 1. The summed E-state index contributed by atoms with van der Waals surface area (Å²) in [6, 6.07) is 7.80. The van der Waals surface area contributed by atoms with Crippen molar-refractivity contribution in [1.82, 2.24) is 4.98 Å². The third kappa shape index (κ3) is 2.41. The second kappa shape index (κ2) is 5.76. The summed E-state index contributed by atoms with van der Waals surface area (Å²) in [6.45, 7) is 0. The minimum Gasteiger partial charge on any atom is -0.464 e. The molecular formula is C15H10Cl2N2O2S. The zero-order chi connectivity index (χ0) is 15.9. The van der Waals surface area contributed by atoms with Crippen LogP contribution in [0, 0.1) is 0 Å². The van der Waals surface area contributed by atoms with Crippen molar-refractivity contribution in [3.05, 3.63) is 45.4 Å². The fraction of sp³-hybridized carbons (Fsp3) is 0.0667. The minimum absolute atomic E-state index is 0.00204. The van der Waals surface area contributed by atoms with E-state index in [0.717, 1.165) is 15.6 Å². The van der Waals surface area contributed by atoms with Gasteiger partial charge in [-0.3, -0.25) is 0 Å². The van der Waals surface area contributed by atoms with E-state index >= 15 is 0 Å². The largest absolute Gasteiger partial charge is 0.464 e. The highest BCUT2D eigenvalue weighted by Crippen LogP contribution is 2.38. The van der Waals surface area contributed by atoms with E-state index in [0.29, 0.717) is 5.69 Å². The molecule has 0 aliphatic rings. The molecule has 0 spiro atoms. The van der Waals surface area contributed by atoms with Gasteiger partial charge in [0, 0.05) is 10.3 Å². The normalized spacial score (nSPS) is 10.9. The van der Waals surface area contributed by atoms with Crippen molar-refractivity contribution in [3.63, 3.8) is 0 Å². The number of nitrogens with two attached hydrogens (primary N) is 1. The Morgan fingerprint density at radius 1 is 1.27 bits per heavy atom. The van der Waals surface area contributed by atoms with Crippen LogP contribution in [-0.4, -0.2) is 18.1 Å². The number of aromatic nitrogens is 1. The van der Waals surface area contributed by atoms with Crippen LogP contribution in [-0.2, 0) is 4.74 Å². The van der Waals surface area contributed by atoms with Crippen LogP contribution in [0.15, 0.2) is 29.6 Å². The fourth-order valence-electron chi connectivity index (χ4n) is 2.09. The number of hydrogen-bond donors (Lipinski definition) is 1. The average Bonchev–Trinajstić information content (AvgIpc) is 2.99. The first-order chi connectivity index (χ1) is 10.5. The second-order valence-corrected chi connectivity index (χ2v) is 6.22. The van der Waals surface area contributed by atoms with Gasteiger partial charge < -0.3 is 10.5 Å². The highest BCUT2D eigenvalue weighted by atomic mass is 35.5. The van der Waals surface area contributed by atoms with E-state index in [1.807, 2.05) is 29.6 Å². The summed E-state index contributed by atoms with van der Waals surface area (Å²) in [5.74, 6) is -0.660. The summed E-state index contributed by atoms with van der Waals surface area (Å²) in [4.78, 5) is 16.0. The second-order valence-electron chi connectivity index (χ2n) is 4.52. The monoisotopic (exact) mass is 352 g/mol. The molecule has 4 nitrogen and oxygen atoms in total. The van der Waals surface area contributed by atoms with E-state index in [4.69, 9.17) is 28.9 Å². The van der Waals surface area contributed by atoms with Crippen molar-refractivity contribution in [2.24, 2.45) is 0 Å². The van der Waals surface area contributed by atoms with E-state index in [1.165, 1.54) is 7.11 Å². The molecule has 2 aromatic heterocycles. The molecule has 2 heterocycles. The molecule has 0 amide bonds. The zero-order valence-electron chi connectivity index (χ0n) is 11.4. The Bertz CT molecular complexity index is 893. The average molecular weight is 353 g/mol. The van der Waals surface area contributed by atoms with Crippen molar-refractivity contribution in [1.29, 1.82) is 0 Å². The number of methoxy groups -OCH3 is 1. The van der Waals surface area contributed by atoms with Gasteiger partial charge in [-0.05, 0) is 22.9 Å². The van der Waals surface area contributed by atoms with Gasteiger partial charge in [-0.1, -0.05) is 35.3 Å². The number of halogens is 2. The third-order valence-corrected chi connectivity index (χ3v) is 4.87. The first-order valence-electron chi connectivity index (χ1n) is 6.23. The van der Waals surface area contributed by atoms with Gasteiger partial charge in [0.15, 0.2) is 5.69 Å². The molecule has 0 aliphatic carbocycles. The highest BCUT2D eigenvalue weighted by molar-refractivity contribution is 7.17. The Hall–Kier alpha value is -1.82. The Kier molecular flexibility index (Phi) is 3.95. The number of pyridine rings is 1. The molecule has 0 saturated heterocycles. The summed E-state index contributed by atoms with van der Waals surface area (Å²) in [6.07, 6.45) is 0. The van der Waals surface area contributed by atoms with Crippen molar-refractivity contribution >= 4 is 56.3 Å². The van der Waals surface area contributed by atoms with E-state index in [1.54, 1.807) is 11.3 Å². The molecule has 7 heteroatoms. The van der Waals surface area contributed by atoms with E-state index < -0.39 is 5.97 Å². The standard InChI is InChI=1S/C15H10Cl2N2O2S/c1-21-15(20)14-11(17)12(18)10(16)13(19-14)8-3-2-7-4-5-22-9(7)6-8/h2-6H,1H3,(H2,18,19). The number of nitrogens with zero attached hydrogens (tertiary/aromatic N) is 1. The molecule has 0 saturated carbocycles. The number of hydrogen-bond acceptors (Lipinski definition) is 5. The van der Waals surface area contributed by atoms with Crippen LogP contribution in [0.3, 0.4) is 0 Å². The van der Waals surface area contributed by atoms with Gasteiger partial charge in [-0.25, -0.2) is 9.78 Å². The molecule has 22 heavy (non-hydrogen) atoms. The number of nitrogen functional groups attached to an aromatic ring is 1. The summed E-state index contributed by atoms with van der Waals surface area (Å²) in [7, 11) is 1.25. The fourth-order valence-corrected chi connectivity index (χ4v) is 3.42. The maximum absolute atomic E-state index is 11.8. The molecule has 0 atom stereocenters. The van der Waals surface area contributed by atoms with Crippen molar-refractivity contribution in [3.8, 4) is 11.3 Å². The van der Waals surface area contributed by atoms with E-state index in [-0.39, 0.29) is 21.4 Å². The SMILES string of the molecule is COC(=O)c1nc(-c2ccc3ccsc3c2)c(Cl)c(N)c1Cl. The minimum atomic E-state index is -0.660. The number of ether oxygens (including phenoxy) is 1. The molecule has 0 fully saturated rings. The molecule has 112 valence electrons. The summed E-state index contributed by atoms with van der Waals surface area (Å²) >= 11 is 13.9. The van der Waals surface area contributed by atoms with Gasteiger partial charge in [-0.2, -0.15) is 0 Å². The molecule has 3 rings (SSSR count). The van der Waals surface area contributed by atoms with Crippen molar-refractivity contribution in [2.45, 2.75) is 0 Å². The molecule has 0 radical (unpaired) electrons. The lowest BCUT2D eigenvalue weighted by molar-refractivity contribution is 0.0594. The Morgan fingerprint density at radius 2 is 2.05 bits per heavy atom. The topological polar surface area (TPSA) is 65.2 Å². The van der Waals surface area contributed by atoms with Gasteiger partial charge in [0.1, 0.15) is 0 Å². The molecule has 0 aliphatic heterocycles. The van der Waals surface area contributed by atoms with Gasteiger partial charge in [0.2, 0.25) is 0 Å². The summed E-state index contributed by atoms with van der Waals surface area (Å²) in [5, 5.41) is 3.34. The Balaban J connectivity index is 2.25. The first-order valence-corrected chi connectivity index (χ1v) is 7.87. The van der Waals surface area contributed by atoms with Crippen LogP contribution < -0.4 is 5.73 Å². The van der Waals surface area contributed by atoms with Crippen LogP contribution in [0.2, 0.25) is 10.0 Å². The predicted octanol–water partition coefficient (Wildman–Crippen LogP) is 4.64. The lowest BCUT2D eigenvalue weighted by Gasteiger charge is -2.11. The number of benzene rings is 1. The van der Waals surface area contributed by atoms with Crippen LogP contribution in [0.25, 0.3) is 21.3 Å². The van der Waals surface area contributed by atoms with Crippen LogP contribution in [0.1, 0.15) is 10.5 Å². The number of carbonyl (C=O) groups excluding carboxylic acids is 1. The number of rotatable bonds is 2. The molecule has 1 aromatic carbocycles. The molecule has 0 unspecified atom stereocenters. The third-order valence-electron chi connectivity index (χ3n) is 3.22. The summed E-state index contributed by atoms with van der Waals surface area (Å²) < 4.78 is 5.76. The molecular weight excluding hydrogens is 343 g/mol. The van der Waals surface area contributed by atoms with E-state index in [9.17, 15) is 4.79 Å². The maximum Gasteiger partial charge on any atom is 0.358 e. The van der Waals surface area contributed by atoms with Gasteiger partial charge in [0.25, 0.3) is 0 Å². The van der Waals surface area contributed by atoms with Crippen LogP contribution >= 0.6 is 34.5 Å². The van der Waals surface area contributed by atoms with Crippen molar-refractivity contribution < 1.29 is 9.53 Å². The van der Waals surface area contributed by atoms with Gasteiger partial charge in [0.05, 0.1) is 28.5 Å². The zero-order valence-corrected chi connectivity index (χ0v) is 13.7. The molecule has 2 N–H and O–H groups in total. The lowest BCUT2D eigenvalue weighted by Crippen LogP contribution is -2.08. The number of anilines is 1. The lowest BCUT2D eigenvalue weighted by atomic mass is 10.1. The van der Waals surface area contributed by atoms with Gasteiger partial charge >= 0.3 is 5.97 Å². The smallest absolute Gasteiger partial charge is 0.358 e. The predicted molar refractivity (Wildman–Crippen MR) is 90.8 cm³/mol. The van der Waals surface area contributed by atoms with Crippen LogP contribution in [0.5, 0.6) is 0 Å². The number of fused-ring (bicyclic) bond motifs is 1. The Morgan fingerprint density at radius 3 is 2.77 bits per heavy atom. The maximum atomic E-state index is 11.8. The molecule has 0 bridgehead atoms. The quantitative estimate of drug-likeness (QED) is 0.682. The highest BCUT2D eigenvalue weighted by Gasteiger charge is 2.21. The summed E-state index contributed by atoms with van der Waals surface area (Å²) in [5.41, 5.74) is 7.12.